The molecule has 1 aromatic heterocycles. The van der Waals surface area contributed by atoms with Gasteiger partial charge in [0, 0.05) is 11.8 Å². The van der Waals surface area contributed by atoms with Gasteiger partial charge in [-0.3, -0.25) is 0 Å². The van der Waals surface area contributed by atoms with Gasteiger partial charge in [-0.2, -0.15) is 11.8 Å². The maximum atomic E-state index is 6.02. The van der Waals surface area contributed by atoms with E-state index in [1.165, 1.54) is 29.7 Å². The van der Waals surface area contributed by atoms with Crippen LogP contribution < -0.4 is 5.73 Å². The lowest BCUT2D eigenvalue weighted by molar-refractivity contribution is 0.658. The normalized spacial score (nSPS) is 20.2. The van der Waals surface area contributed by atoms with E-state index in [1.54, 1.807) is 0 Å². The molecular formula is C13H17N3S. The van der Waals surface area contributed by atoms with E-state index in [2.05, 4.69) is 46.4 Å². The quantitative estimate of drug-likeness (QED) is 0.887. The first-order valence-corrected chi connectivity index (χ1v) is 7.13. The summed E-state index contributed by atoms with van der Waals surface area (Å²) in [4.78, 5) is 4.45. The lowest BCUT2D eigenvalue weighted by atomic mass is 10.2. The topological polar surface area (TPSA) is 43.8 Å². The number of rotatable bonds is 2. The Kier molecular flexibility index (Phi) is 2.74. The minimum Gasteiger partial charge on any atom is -0.369 e. The molecule has 90 valence electrons. The van der Waals surface area contributed by atoms with Crippen LogP contribution in [0.25, 0.3) is 11.0 Å². The molecule has 1 fully saturated rings. The van der Waals surface area contributed by atoms with Crippen LogP contribution in [0.3, 0.4) is 0 Å². The second-order valence-corrected chi connectivity index (χ2v) is 6.12. The second kappa shape index (κ2) is 4.26. The van der Waals surface area contributed by atoms with Crippen LogP contribution in [-0.4, -0.2) is 20.6 Å². The van der Waals surface area contributed by atoms with Gasteiger partial charge in [-0.1, -0.05) is 6.07 Å². The third kappa shape index (κ3) is 2.02. The lowest BCUT2D eigenvalue weighted by Gasteiger charge is -2.11. The smallest absolute Gasteiger partial charge is 0.201 e. The van der Waals surface area contributed by atoms with Crippen LogP contribution in [0.15, 0.2) is 18.2 Å². The number of nitrogens with two attached hydrogens (primary N) is 1. The Bertz CT molecular complexity index is 541. The van der Waals surface area contributed by atoms with Crippen molar-refractivity contribution in [2.75, 3.05) is 11.5 Å². The van der Waals surface area contributed by atoms with Gasteiger partial charge in [0.25, 0.3) is 0 Å². The van der Waals surface area contributed by atoms with E-state index < -0.39 is 0 Å². The van der Waals surface area contributed by atoms with Crippen molar-refractivity contribution in [3.05, 3.63) is 23.8 Å². The average Bonchev–Trinajstić information content (AvgIpc) is 2.88. The molecule has 1 unspecified atom stereocenters. The maximum absolute atomic E-state index is 6.02. The molecule has 4 heteroatoms. The maximum Gasteiger partial charge on any atom is 0.201 e. The predicted octanol–water partition coefficient (Wildman–Crippen LogP) is 2.82. The third-order valence-corrected chi connectivity index (χ3v) is 4.72. The number of thioether (sulfide) groups is 1. The molecule has 0 bridgehead atoms. The van der Waals surface area contributed by atoms with Crippen LogP contribution in [0.1, 0.15) is 18.4 Å². The molecular weight excluding hydrogens is 230 g/mol. The summed E-state index contributed by atoms with van der Waals surface area (Å²) in [7, 11) is 0. The van der Waals surface area contributed by atoms with Crippen LogP contribution in [0.4, 0.5) is 5.95 Å². The fraction of sp³-hybridized carbons (Fsp3) is 0.462. The minimum absolute atomic E-state index is 0.651. The zero-order valence-corrected chi connectivity index (χ0v) is 10.8. The Morgan fingerprint density at radius 1 is 1.53 bits per heavy atom. The molecule has 0 saturated carbocycles. The van der Waals surface area contributed by atoms with Crippen molar-refractivity contribution in [1.82, 2.24) is 9.55 Å². The van der Waals surface area contributed by atoms with Crippen molar-refractivity contribution in [1.29, 1.82) is 0 Å². The molecule has 2 N–H and O–H groups in total. The first-order chi connectivity index (χ1) is 8.24. The summed E-state index contributed by atoms with van der Waals surface area (Å²) in [5, 5.41) is 0.705. The van der Waals surface area contributed by atoms with Gasteiger partial charge in [-0.15, -0.1) is 0 Å². The van der Waals surface area contributed by atoms with E-state index in [9.17, 15) is 0 Å². The number of fused-ring (bicyclic) bond motifs is 1. The van der Waals surface area contributed by atoms with Crippen LogP contribution in [-0.2, 0) is 6.54 Å². The molecule has 0 aliphatic carbocycles. The van der Waals surface area contributed by atoms with Gasteiger partial charge in [0.05, 0.1) is 11.0 Å². The van der Waals surface area contributed by atoms with E-state index in [-0.39, 0.29) is 0 Å². The van der Waals surface area contributed by atoms with Crippen LogP contribution in [0.5, 0.6) is 0 Å². The van der Waals surface area contributed by atoms with Gasteiger partial charge in [-0.05, 0) is 43.2 Å². The molecule has 3 nitrogen and oxygen atoms in total. The number of benzene rings is 1. The summed E-state index contributed by atoms with van der Waals surface area (Å²) in [6.07, 6.45) is 2.64. The number of nitrogen functional groups attached to an aromatic ring is 1. The molecule has 1 aliphatic heterocycles. The van der Waals surface area contributed by atoms with E-state index in [0.29, 0.717) is 11.2 Å². The molecule has 2 aromatic rings. The summed E-state index contributed by atoms with van der Waals surface area (Å²) < 4.78 is 2.16. The van der Waals surface area contributed by atoms with Crippen molar-refractivity contribution in [3.8, 4) is 0 Å². The van der Waals surface area contributed by atoms with Gasteiger partial charge >= 0.3 is 0 Å². The molecule has 1 aliphatic rings. The molecule has 1 saturated heterocycles. The number of anilines is 1. The highest BCUT2D eigenvalue weighted by molar-refractivity contribution is 8.00. The second-order valence-electron chi connectivity index (χ2n) is 4.71. The van der Waals surface area contributed by atoms with Crippen molar-refractivity contribution >= 4 is 28.7 Å². The predicted molar refractivity (Wildman–Crippen MR) is 74.4 cm³/mol. The Morgan fingerprint density at radius 2 is 2.41 bits per heavy atom. The Labute approximate surface area is 105 Å². The average molecular weight is 247 g/mol. The van der Waals surface area contributed by atoms with E-state index in [4.69, 9.17) is 5.73 Å². The van der Waals surface area contributed by atoms with Crippen molar-refractivity contribution < 1.29 is 0 Å². The van der Waals surface area contributed by atoms with E-state index in [1.807, 2.05) is 0 Å². The first-order valence-electron chi connectivity index (χ1n) is 6.08. The third-order valence-electron chi connectivity index (χ3n) is 3.34. The van der Waals surface area contributed by atoms with Crippen molar-refractivity contribution in [2.24, 2.45) is 0 Å². The number of hydrogen-bond donors (Lipinski definition) is 1. The Hall–Kier alpha value is -1.16. The summed E-state index contributed by atoms with van der Waals surface area (Å²) in [6, 6.07) is 6.36. The number of aromatic nitrogens is 2. The minimum atomic E-state index is 0.651. The highest BCUT2D eigenvalue weighted by Crippen LogP contribution is 2.29. The number of nitrogens with zero attached hydrogens (tertiary/aromatic N) is 2. The van der Waals surface area contributed by atoms with Gasteiger partial charge in [0.2, 0.25) is 5.95 Å². The van der Waals surface area contributed by atoms with Crippen LogP contribution in [0.2, 0.25) is 0 Å². The monoisotopic (exact) mass is 247 g/mol. The molecule has 17 heavy (non-hydrogen) atoms. The molecule has 2 heterocycles. The molecule has 0 amide bonds. The SMILES string of the molecule is Cc1ccc2c(c1)nc(N)n2CC1CCCS1. The standard InChI is InChI=1S/C13H17N3S/c1-9-4-5-12-11(7-9)15-13(14)16(12)8-10-3-2-6-17-10/h4-5,7,10H,2-3,6,8H2,1H3,(H2,14,15). The summed E-state index contributed by atoms with van der Waals surface area (Å²) in [6.45, 7) is 3.08. The molecule has 3 rings (SSSR count). The largest absolute Gasteiger partial charge is 0.369 e. The molecule has 0 spiro atoms. The van der Waals surface area contributed by atoms with Crippen LogP contribution in [0, 0.1) is 6.92 Å². The Morgan fingerprint density at radius 3 is 3.18 bits per heavy atom. The highest BCUT2D eigenvalue weighted by atomic mass is 32.2. The molecule has 0 radical (unpaired) electrons. The van der Waals surface area contributed by atoms with Gasteiger partial charge in [0.15, 0.2) is 0 Å². The van der Waals surface area contributed by atoms with Gasteiger partial charge in [-0.25, -0.2) is 4.98 Å². The van der Waals surface area contributed by atoms with Crippen LogP contribution >= 0.6 is 11.8 Å². The highest BCUT2D eigenvalue weighted by Gasteiger charge is 2.18. The summed E-state index contributed by atoms with van der Waals surface area (Å²) in [5.41, 5.74) is 9.44. The van der Waals surface area contributed by atoms with E-state index >= 15 is 0 Å². The summed E-state index contributed by atoms with van der Waals surface area (Å²) >= 11 is 2.06. The lowest BCUT2D eigenvalue weighted by Crippen LogP contribution is -2.12. The van der Waals surface area contributed by atoms with Gasteiger partial charge < -0.3 is 10.3 Å². The number of hydrogen-bond acceptors (Lipinski definition) is 3. The van der Waals surface area contributed by atoms with Crippen molar-refractivity contribution in [2.45, 2.75) is 31.6 Å². The molecule has 1 atom stereocenters. The Balaban J connectivity index is 1.99. The molecule has 1 aromatic carbocycles. The zero-order valence-electron chi connectivity index (χ0n) is 10.0. The van der Waals surface area contributed by atoms with E-state index in [0.717, 1.165) is 12.1 Å². The fourth-order valence-electron chi connectivity index (χ4n) is 2.44. The fourth-order valence-corrected chi connectivity index (χ4v) is 3.70. The van der Waals surface area contributed by atoms with Gasteiger partial charge in [0.1, 0.15) is 0 Å². The van der Waals surface area contributed by atoms with Crippen molar-refractivity contribution in [3.63, 3.8) is 0 Å². The number of aryl methyl sites for hydroxylation is 1. The number of imidazole rings is 1. The zero-order chi connectivity index (χ0) is 11.8. The first kappa shape index (κ1) is 11.0. The summed E-state index contributed by atoms with van der Waals surface area (Å²) in [5.74, 6) is 1.94.